The van der Waals surface area contributed by atoms with Gasteiger partial charge >= 0.3 is 0 Å². The Hall–Kier alpha value is -1.29. The number of hydrogen-bond donors (Lipinski definition) is 1. The Morgan fingerprint density at radius 1 is 1.21 bits per heavy atom. The van der Waals surface area contributed by atoms with Crippen molar-refractivity contribution in [2.24, 2.45) is 5.73 Å². The van der Waals surface area contributed by atoms with Crippen LogP contribution in [-0.2, 0) is 0 Å². The zero-order valence-corrected chi connectivity index (χ0v) is 11.7. The molecule has 0 saturated carbocycles. The number of hydrogen-bond acceptors (Lipinski definition) is 2. The molecule has 2 rings (SSSR count). The topological polar surface area (TPSA) is 35.2 Å². The smallest absolute Gasteiger partial charge is 0.167 e. The summed E-state index contributed by atoms with van der Waals surface area (Å²) in [6, 6.07) is 8.99. The molecule has 0 aliphatic heterocycles. The predicted molar refractivity (Wildman–Crippen MR) is 75.5 cm³/mol. The summed E-state index contributed by atoms with van der Waals surface area (Å²) in [5.74, 6) is -0.131. The predicted octanol–water partition coefficient (Wildman–Crippen LogP) is 4.94. The molecule has 0 spiro atoms. The number of ether oxygens (including phenoxy) is 1. The second-order valence-corrected chi connectivity index (χ2v) is 4.97. The first kappa shape index (κ1) is 14.1. The maximum absolute atomic E-state index is 13.9. The van der Waals surface area contributed by atoms with Gasteiger partial charge in [0.1, 0.15) is 5.75 Å². The molecular weight excluding hydrogens is 288 g/mol. The van der Waals surface area contributed by atoms with Crippen molar-refractivity contribution in [2.75, 3.05) is 0 Å². The van der Waals surface area contributed by atoms with Gasteiger partial charge in [-0.25, -0.2) is 4.39 Å². The lowest BCUT2D eigenvalue weighted by Crippen LogP contribution is -2.07. The molecule has 19 heavy (non-hydrogen) atoms. The van der Waals surface area contributed by atoms with E-state index in [1.54, 1.807) is 31.2 Å². The standard InChI is InChI=1S/C14H12Cl2FNO/c1-8(18)10-3-2-4-12(17)14(10)19-13-7-9(15)5-6-11(13)16/h2-8H,18H2,1H3/t8-/m1/s1. The van der Waals surface area contributed by atoms with E-state index in [0.717, 1.165) is 0 Å². The van der Waals surface area contributed by atoms with Crippen molar-refractivity contribution in [3.63, 3.8) is 0 Å². The van der Waals surface area contributed by atoms with E-state index in [1.807, 2.05) is 0 Å². The van der Waals surface area contributed by atoms with E-state index in [4.69, 9.17) is 33.7 Å². The van der Waals surface area contributed by atoms with Gasteiger partial charge in [0.05, 0.1) is 5.02 Å². The maximum atomic E-state index is 13.9. The Labute approximate surface area is 120 Å². The van der Waals surface area contributed by atoms with Gasteiger partial charge in [0.2, 0.25) is 0 Å². The van der Waals surface area contributed by atoms with Crippen molar-refractivity contribution in [1.29, 1.82) is 0 Å². The third-order valence-electron chi connectivity index (χ3n) is 2.59. The molecule has 2 aromatic carbocycles. The second kappa shape index (κ2) is 5.78. The molecule has 0 saturated heterocycles. The van der Waals surface area contributed by atoms with Crippen LogP contribution in [0.1, 0.15) is 18.5 Å². The molecule has 1 atom stereocenters. The zero-order chi connectivity index (χ0) is 14.0. The SMILES string of the molecule is C[C@@H](N)c1cccc(F)c1Oc1cc(Cl)ccc1Cl. The molecule has 0 aliphatic carbocycles. The molecular formula is C14H12Cl2FNO. The first-order valence-corrected chi connectivity index (χ1v) is 6.41. The van der Waals surface area contributed by atoms with E-state index in [1.165, 1.54) is 12.1 Å². The van der Waals surface area contributed by atoms with Gasteiger partial charge in [-0.05, 0) is 25.1 Å². The lowest BCUT2D eigenvalue weighted by molar-refractivity contribution is 0.433. The van der Waals surface area contributed by atoms with Crippen LogP contribution in [0.2, 0.25) is 10.0 Å². The molecule has 2 N–H and O–H groups in total. The number of halogens is 3. The Morgan fingerprint density at radius 3 is 2.63 bits per heavy atom. The molecule has 0 amide bonds. The Kier molecular flexibility index (Phi) is 4.30. The van der Waals surface area contributed by atoms with Gasteiger partial charge in [-0.15, -0.1) is 0 Å². The van der Waals surface area contributed by atoms with Gasteiger partial charge in [0.15, 0.2) is 11.6 Å². The Bertz CT molecular complexity index is 602. The first-order chi connectivity index (χ1) is 8.99. The second-order valence-electron chi connectivity index (χ2n) is 4.12. The lowest BCUT2D eigenvalue weighted by Gasteiger charge is -2.15. The number of rotatable bonds is 3. The minimum Gasteiger partial charge on any atom is -0.452 e. The van der Waals surface area contributed by atoms with E-state index in [9.17, 15) is 4.39 Å². The van der Waals surface area contributed by atoms with E-state index in [0.29, 0.717) is 21.4 Å². The summed E-state index contributed by atoms with van der Waals surface area (Å²) in [6.07, 6.45) is 0. The van der Waals surface area contributed by atoms with Gasteiger partial charge in [-0.2, -0.15) is 0 Å². The van der Waals surface area contributed by atoms with E-state index in [2.05, 4.69) is 0 Å². The summed E-state index contributed by atoms with van der Waals surface area (Å²) in [5.41, 5.74) is 6.37. The summed E-state index contributed by atoms with van der Waals surface area (Å²) in [7, 11) is 0. The molecule has 0 unspecified atom stereocenters. The van der Waals surface area contributed by atoms with Gasteiger partial charge in [-0.1, -0.05) is 35.3 Å². The summed E-state index contributed by atoms with van der Waals surface area (Å²) in [6.45, 7) is 1.75. The van der Waals surface area contributed by atoms with Crippen LogP contribution in [0.5, 0.6) is 11.5 Å². The highest BCUT2D eigenvalue weighted by Gasteiger charge is 2.15. The van der Waals surface area contributed by atoms with Crippen LogP contribution >= 0.6 is 23.2 Å². The molecule has 0 fully saturated rings. The van der Waals surface area contributed by atoms with Crippen LogP contribution in [0, 0.1) is 5.82 Å². The fourth-order valence-electron chi connectivity index (χ4n) is 1.66. The summed E-state index contributed by atoms with van der Waals surface area (Å²) < 4.78 is 19.4. The Balaban J connectivity index is 2.46. The van der Waals surface area contributed by atoms with Crippen LogP contribution in [0.4, 0.5) is 4.39 Å². The van der Waals surface area contributed by atoms with Crippen LogP contribution in [0.25, 0.3) is 0 Å². The number of benzene rings is 2. The van der Waals surface area contributed by atoms with Crippen molar-refractivity contribution < 1.29 is 9.13 Å². The monoisotopic (exact) mass is 299 g/mol. The van der Waals surface area contributed by atoms with Gasteiger partial charge in [0.25, 0.3) is 0 Å². The van der Waals surface area contributed by atoms with Crippen molar-refractivity contribution in [1.82, 2.24) is 0 Å². The van der Waals surface area contributed by atoms with E-state index >= 15 is 0 Å². The minimum atomic E-state index is -0.495. The minimum absolute atomic E-state index is 0.0710. The van der Waals surface area contributed by atoms with Crippen molar-refractivity contribution >= 4 is 23.2 Å². The maximum Gasteiger partial charge on any atom is 0.167 e. The summed E-state index contributed by atoms with van der Waals surface area (Å²) in [5, 5.41) is 0.807. The average molecular weight is 300 g/mol. The fourth-order valence-corrected chi connectivity index (χ4v) is 1.98. The van der Waals surface area contributed by atoms with Crippen molar-refractivity contribution in [2.45, 2.75) is 13.0 Å². The third kappa shape index (κ3) is 3.18. The molecule has 0 bridgehead atoms. The number of nitrogens with two attached hydrogens (primary N) is 1. The van der Waals surface area contributed by atoms with Crippen LogP contribution in [-0.4, -0.2) is 0 Å². The Morgan fingerprint density at radius 2 is 1.95 bits per heavy atom. The van der Waals surface area contributed by atoms with Crippen LogP contribution in [0.15, 0.2) is 36.4 Å². The third-order valence-corrected chi connectivity index (χ3v) is 3.14. The van der Waals surface area contributed by atoms with E-state index in [-0.39, 0.29) is 11.8 Å². The zero-order valence-electron chi connectivity index (χ0n) is 10.2. The first-order valence-electron chi connectivity index (χ1n) is 5.66. The highest BCUT2D eigenvalue weighted by Crippen LogP contribution is 2.36. The lowest BCUT2D eigenvalue weighted by atomic mass is 10.1. The highest BCUT2D eigenvalue weighted by molar-refractivity contribution is 6.34. The normalized spacial score (nSPS) is 12.3. The molecule has 0 aromatic heterocycles. The van der Waals surface area contributed by atoms with Crippen molar-refractivity contribution in [3.8, 4) is 11.5 Å². The van der Waals surface area contributed by atoms with Gasteiger partial charge in [0, 0.05) is 22.7 Å². The van der Waals surface area contributed by atoms with E-state index < -0.39 is 5.82 Å². The summed E-state index contributed by atoms with van der Waals surface area (Å²) >= 11 is 11.9. The highest BCUT2D eigenvalue weighted by atomic mass is 35.5. The summed E-state index contributed by atoms with van der Waals surface area (Å²) in [4.78, 5) is 0. The number of para-hydroxylation sites is 1. The molecule has 0 heterocycles. The molecule has 2 aromatic rings. The van der Waals surface area contributed by atoms with Crippen LogP contribution < -0.4 is 10.5 Å². The van der Waals surface area contributed by atoms with Crippen LogP contribution in [0.3, 0.4) is 0 Å². The van der Waals surface area contributed by atoms with Crippen molar-refractivity contribution in [3.05, 3.63) is 57.8 Å². The molecule has 5 heteroatoms. The molecule has 100 valence electrons. The molecule has 0 aliphatic rings. The largest absolute Gasteiger partial charge is 0.452 e. The quantitative estimate of drug-likeness (QED) is 0.871. The average Bonchev–Trinajstić information content (AvgIpc) is 2.35. The fraction of sp³-hybridized carbons (Fsp3) is 0.143. The molecule has 0 radical (unpaired) electrons. The van der Waals surface area contributed by atoms with Gasteiger partial charge < -0.3 is 10.5 Å². The molecule has 2 nitrogen and oxygen atoms in total. The van der Waals surface area contributed by atoms with Gasteiger partial charge in [-0.3, -0.25) is 0 Å².